The van der Waals surface area contributed by atoms with Crippen LogP contribution in [0, 0.1) is 0 Å². The van der Waals surface area contributed by atoms with Crippen LogP contribution in [-0.2, 0) is 11.2 Å². The highest BCUT2D eigenvalue weighted by atomic mass is 16.5. The first-order chi connectivity index (χ1) is 12.7. The van der Waals surface area contributed by atoms with Crippen LogP contribution in [0.1, 0.15) is 18.4 Å². The first-order valence-corrected chi connectivity index (χ1v) is 9.11. The van der Waals surface area contributed by atoms with E-state index in [1.807, 2.05) is 35.2 Å². The molecule has 0 atom stereocenters. The number of methoxy groups -OCH3 is 1. The number of anilines is 1. The van der Waals surface area contributed by atoms with Crippen molar-refractivity contribution in [2.45, 2.75) is 19.3 Å². The van der Waals surface area contributed by atoms with Crippen LogP contribution in [0.3, 0.4) is 0 Å². The van der Waals surface area contributed by atoms with Crippen molar-refractivity contribution >= 4 is 11.6 Å². The molecule has 1 fully saturated rings. The van der Waals surface area contributed by atoms with Crippen LogP contribution < -0.4 is 9.64 Å². The van der Waals surface area contributed by atoms with Gasteiger partial charge in [-0.15, -0.1) is 0 Å². The normalized spacial score (nSPS) is 14.8. The van der Waals surface area contributed by atoms with Crippen molar-refractivity contribution in [3.63, 3.8) is 0 Å². The molecule has 0 radical (unpaired) electrons. The molecule has 1 aliphatic rings. The van der Waals surface area contributed by atoms with Gasteiger partial charge in [-0.2, -0.15) is 0 Å². The molecule has 0 spiro atoms. The molecule has 1 saturated heterocycles. The summed E-state index contributed by atoms with van der Waals surface area (Å²) in [7, 11) is 1.69. The van der Waals surface area contributed by atoms with Gasteiger partial charge in [0.2, 0.25) is 5.91 Å². The Labute approximate surface area is 154 Å². The van der Waals surface area contributed by atoms with E-state index in [1.54, 1.807) is 19.2 Å². The van der Waals surface area contributed by atoms with Crippen LogP contribution in [0.2, 0.25) is 0 Å². The van der Waals surface area contributed by atoms with Gasteiger partial charge >= 0.3 is 0 Å². The van der Waals surface area contributed by atoms with Gasteiger partial charge < -0.3 is 19.6 Å². The molecule has 5 heteroatoms. The molecule has 26 heavy (non-hydrogen) atoms. The van der Waals surface area contributed by atoms with Crippen LogP contribution in [0.15, 0.2) is 48.5 Å². The summed E-state index contributed by atoms with van der Waals surface area (Å²) >= 11 is 0. The fraction of sp³-hybridized carbons (Fsp3) is 0.381. The summed E-state index contributed by atoms with van der Waals surface area (Å²) in [5, 5.41) is 9.34. The van der Waals surface area contributed by atoms with Crippen molar-refractivity contribution in [2.75, 3.05) is 38.2 Å². The highest BCUT2D eigenvalue weighted by Crippen LogP contribution is 2.28. The van der Waals surface area contributed by atoms with Gasteiger partial charge in [-0.05, 0) is 42.7 Å². The number of benzene rings is 2. The van der Waals surface area contributed by atoms with E-state index in [9.17, 15) is 9.90 Å². The second-order valence-electron chi connectivity index (χ2n) is 6.56. The average Bonchev–Trinajstić information content (AvgIpc) is 2.93. The lowest BCUT2D eigenvalue weighted by Crippen LogP contribution is -2.35. The van der Waals surface area contributed by atoms with E-state index < -0.39 is 0 Å². The van der Waals surface area contributed by atoms with Crippen LogP contribution in [0.5, 0.6) is 11.5 Å². The van der Waals surface area contributed by atoms with E-state index >= 15 is 0 Å². The molecule has 0 aliphatic carbocycles. The van der Waals surface area contributed by atoms with Gasteiger partial charge in [-0.3, -0.25) is 4.79 Å². The predicted octanol–water partition coefficient (Wildman–Crippen LogP) is 3.07. The summed E-state index contributed by atoms with van der Waals surface area (Å²) in [5.41, 5.74) is 2.16. The minimum atomic E-state index is 0.194. The largest absolute Gasteiger partial charge is 0.508 e. The maximum atomic E-state index is 12.6. The van der Waals surface area contributed by atoms with Crippen molar-refractivity contribution in [1.82, 2.24) is 4.90 Å². The molecule has 5 nitrogen and oxygen atoms in total. The summed E-state index contributed by atoms with van der Waals surface area (Å²) in [5.74, 6) is 1.32. The van der Waals surface area contributed by atoms with Gasteiger partial charge in [-0.25, -0.2) is 0 Å². The zero-order valence-corrected chi connectivity index (χ0v) is 15.2. The number of hydrogen-bond acceptors (Lipinski definition) is 4. The quantitative estimate of drug-likeness (QED) is 0.897. The van der Waals surface area contributed by atoms with Gasteiger partial charge in [0, 0.05) is 32.6 Å². The highest BCUT2D eigenvalue weighted by Gasteiger charge is 2.20. The third kappa shape index (κ3) is 4.48. The number of aryl methyl sites for hydroxylation is 1. The van der Waals surface area contributed by atoms with Crippen LogP contribution in [-0.4, -0.2) is 49.2 Å². The number of carbonyl (C=O) groups excluding carboxylic acids is 1. The van der Waals surface area contributed by atoms with Gasteiger partial charge in [0.15, 0.2) is 0 Å². The van der Waals surface area contributed by atoms with Crippen molar-refractivity contribution in [1.29, 1.82) is 0 Å². The van der Waals surface area contributed by atoms with E-state index in [2.05, 4.69) is 11.0 Å². The predicted molar refractivity (Wildman–Crippen MR) is 103 cm³/mol. The molecule has 138 valence electrons. The van der Waals surface area contributed by atoms with Crippen LogP contribution in [0.25, 0.3) is 0 Å². The first kappa shape index (κ1) is 18.1. The number of carbonyl (C=O) groups is 1. The Morgan fingerprint density at radius 2 is 1.81 bits per heavy atom. The van der Waals surface area contributed by atoms with Crippen molar-refractivity contribution < 1.29 is 14.6 Å². The molecule has 3 rings (SSSR count). The molecule has 2 aromatic carbocycles. The molecule has 1 aliphatic heterocycles. The van der Waals surface area contributed by atoms with Gasteiger partial charge in [0.25, 0.3) is 0 Å². The lowest BCUT2D eigenvalue weighted by molar-refractivity contribution is -0.130. The molecule has 0 saturated carbocycles. The van der Waals surface area contributed by atoms with E-state index in [0.717, 1.165) is 49.6 Å². The minimum Gasteiger partial charge on any atom is -0.508 e. The SMILES string of the molecule is COc1ccccc1N1CCCN(C(=O)CCc2ccc(O)cc2)CC1. The third-order valence-corrected chi connectivity index (χ3v) is 4.84. The summed E-state index contributed by atoms with van der Waals surface area (Å²) in [4.78, 5) is 16.9. The molecule has 1 amide bonds. The average molecular weight is 354 g/mol. The number of hydrogen-bond donors (Lipinski definition) is 1. The van der Waals surface area contributed by atoms with Crippen LogP contribution >= 0.6 is 0 Å². The maximum Gasteiger partial charge on any atom is 0.222 e. The number of aromatic hydroxyl groups is 1. The summed E-state index contributed by atoms with van der Waals surface area (Å²) in [6.45, 7) is 3.25. The summed E-state index contributed by atoms with van der Waals surface area (Å²) in [6, 6.07) is 15.1. The Kier molecular flexibility index (Phi) is 6.00. The van der Waals surface area contributed by atoms with Crippen molar-refractivity contribution in [3.05, 3.63) is 54.1 Å². The smallest absolute Gasteiger partial charge is 0.222 e. The molecule has 0 aromatic heterocycles. The number of nitrogens with zero attached hydrogens (tertiary/aromatic N) is 2. The Hall–Kier alpha value is -2.69. The maximum absolute atomic E-state index is 12.6. The zero-order chi connectivity index (χ0) is 18.4. The van der Waals surface area contributed by atoms with Crippen molar-refractivity contribution in [2.24, 2.45) is 0 Å². The zero-order valence-electron chi connectivity index (χ0n) is 15.2. The number of phenols is 1. The number of phenolic OH excluding ortho intramolecular Hbond substituents is 1. The molecule has 0 bridgehead atoms. The second-order valence-corrected chi connectivity index (χ2v) is 6.56. The van der Waals surface area contributed by atoms with Crippen LogP contribution in [0.4, 0.5) is 5.69 Å². The topological polar surface area (TPSA) is 53.0 Å². The Morgan fingerprint density at radius 1 is 1.04 bits per heavy atom. The summed E-state index contributed by atoms with van der Waals surface area (Å²) < 4.78 is 5.47. The van der Waals surface area contributed by atoms with Gasteiger partial charge in [0.1, 0.15) is 11.5 Å². The number of amides is 1. The standard InChI is InChI=1S/C21H26N2O3/c1-26-20-6-3-2-5-19(20)22-13-4-14-23(16-15-22)21(25)12-9-17-7-10-18(24)11-8-17/h2-3,5-8,10-11,24H,4,9,12-16H2,1H3. The molecule has 1 heterocycles. The monoisotopic (exact) mass is 354 g/mol. The lowest BCUT2D eigenvalue weighted by atomic mass is 10.1. The number of ether oxygens (including phenoxy) is 1. The Bertz CT molecular complexity index is 730. The molecule has 0 unspecified atom stereocenters. The van der Waals surface area contributed by atoms with Crippen molar-refractivity contribution in [3.8, 4) is 11.5 Å². The Balaban J connectivity index is 1.56. The minimum absolute atomic E-state index is 0.194. The summed E-state index contributed by atoms with van der Waals surface area (Å²) in [6.07, 6.45) is 2.15. The van der Waals surface area contributed by atoms with E-state index in [1.165, 1.54) is 0 Å². The van der Waals surface area contributed by atoms with Gasteiger partial charge in [-0.1, -0.05) is 24.3 Å². The first-order valence-electron chi connectivity index (χ1n) is 9.11. The second kappa shape index (κ2) is 8.61. The Morgan fingerprint density at radius 3 is 2.58 bits per heavy atom. The van der Waals surface area contributed by atoms with Gasteiger partial charge in [0.05, 0.1) is 12.8 Å². The molecule has 1 N–H and O–H groups in total. The van der Waals surface area contributed by atoms with E-state index in [-0.39, 0.29) is 11.7 Å². The van der Waals surface area contributed by atoms with E-state index in [4.69, 9.17) is 4.74 Å². The third-order valence-electron chi connectivity index (χ3n) is 4.84. The number of rotatable bonds is 5. The molecule has 2 aromatic rings. The molecular weight excluding hydrogens is 328 g/mol. The molecular formula is C21H26N2O3. The number of para-hydroxylation sites is 2. The van der Waals surface area contributed by atoms with E-state index in [0.29, 0.717) is 12.8 Å². The lowest BCUT2D eigenvalue weighted by Gasteiger charge is -2.25. The fourth-order valence-electron chi connectivity index (χ4n) is 3.37. The fourth-order valence-corrected chi connectivity index (χ4v) is 3.37. The highest BCUT2D eigenvalue weighted by molar-refractivity contribution is 5.76.